The Labute approximate surface area is 174 Å². The SMILES string of the molecule is COc1ccc2c(c1)CC[C@H]1C2=NN(/C(C)=C/C(C)=O)[C@@H]1c1cccc([N+](=O)[O-])c1. The van der Waals surface area contributed by atoms with Gasteiger partial charge in [0.15, 0.2) is 5.78 Å². The molecule has 0 amide bonds. The standard InChI is InChI=1S/C23H23N3O4/c1-14(11-15(2)27)25-23(17-5-4-6-18(12-17)26(28)29)21-9-7-16-13-19(30-3)8-10-20(16)22(21)24-25/h4-6,8,10-13,21,23H,7,9H2,1-3H3/b14-11+/t21-,23+/m0/s1. The topological polar surface area (TPSA) is 85.0 Å². The van der Waals surface area contributed by atoms with Crippen LogP contribution in [0.4, 0.5) is 5.69 Å². The van der Waals surface area contributed by atoms with Crippen molar-refractivity contribution < 1.29 is 14.5 Å². The molecule has 2 aromatic rings. The van der Waals surface area contributed by atoms with Crippen LogP contribution in [-0.4, -0.2) is 28.5 Å². The molecule has 1 aliphatic heterocycles. The van der Waals surface area contributed by atoms with Crippen molar-refractivity contribution in [3.05, 3.63) is 81.0 Å². The van der Waals surface area contributed by atoms with Gasteiger partial charge in [0, 0.05) is 35.4 Å². The fourth-order valence-electron chi connectivity index (χ4n) is 4.44. The summed E-state index contributed by atoms with van der Waals surface area (Å²) in [5.74, 6) is 0.819. The number of hydrogen-bond donors (Lipinski definition) is 0. The number of non-ortho nitro benzene ring substituents is 1. The van der Waals surface area contributed by atoms with Crippen molar-refractivity contribution in [3.8, 4) is 5.75 Å². The van der Waals surface area contributed by atoms with Crippen LogP contribution in [0.3, 0.4) is 0 Å². The molecule has 2 atom stereocenters. The summed E-state index contributed by atoms with van der Waals surface area (Å²) in [6, 6.07) is 12.5. The normalized spacial score (nSPS) is 20.3. The first-order chi connectivity index (χ1) is 14.4. The number of hydrazone groups is 1. The second-order valence-corrected chi connectivity index (χ2v) is 7.69. The summed E-state index contributed by atoms with van der Waals surface area (Å²) in [6.45, 7) is 3.35. The highest BCUT2D eigenvalue weighted by molar-refractivity contribution is 6.06. The number of ketones is 1. The monoisotopic (exact) mass is 405 g/mol. The number of nitro groups is 1. The summed E-state index contributed by atoms with van der Waals surface area (Å²) >= 11 is 0. The Morgan fingerprint density at radius 2 is 2.07 bits per heavy atom. The predicted octanol–water partition coefficient (Wildman–Crippen LogP) is 4.42. The molecule has 154 valence electrons. The third-order valence-electron chi connectivity index (χ3n) is 5.72. The van der Waals surface area contributed by atoms with Gasteiger partial charge in [-0.1, -0.05) is 12.1 Å². The molecule has 0 unspecified atom stereocenters. The van der Waals surface area contributed by atoms with Gasteiger partial charge in [0.1, 0.15) is 5.75 Å². The fourth-order valence-corrected chi connectivity index (χ4v) is 4.44. The van der Waals surface area contributed by atoms with E-state index >= 15 is 0 Å². The van der Waals surface area contributed by atoms with E-state index in [1.165, 1.54) is 18.6 Å². The number of carbonyl (C=O) groups excluding carboxylic acids is 1. The first-order valence-electron chi connectivity index (χ1n) is 9.87. The molecule has 30 heavy (non-hydrogen) atoms. The zero-order chi connectivity index (χ0) is 21.4. The minimum Gasteiger partial charge on any atom is -0.497 e. The largest absolute Gasteiger partial charge is 0.497 e. The van der Waals surface area contributed by atoms with E-state index in [4.69, 9.17) is 9.84 Å². The van der Waals surface area contributed by atoms with E-state index in [1.54, 1.807) is 25.3 Å². The zero-order valence-electron chi connectivity index (χ0n) is 17.2. The van der Waals surface area contributed by atoms with Gasteiger partial charge in [0.2, 0.25) is 0 Å². The number of carbonyl (C=O) groups is 1. The van der Waals surface area contributed by atoms with E-state index in [2.05, 4.69) is 0 Å². The molecule has 1 aliphatic carbocycles. The lowest BCUT2D eigenvalue weighted by molar-refractivity contribution is -0.385. The van der Waals surface area contributed by atoms with Gasteiger partial charge >= 0.3 is 0 Å². The molecule has 1 heterocycles. The van der Waals surface area contributed by atoms with Crippen molar-refractivity contribution >= 4 is 17.2 Å². The molecule has 7 nitrogen and oxygen atoms in total. The van der Waals surface area contributed by atoms with E-state index in [0.717, 1.165) is 41.1 Å². The number of rotatable bonds is 5. The Balaban J connectivity index is 1.83. The Kier molecular flexibility index (Phi) is 5.11. The van der Waals surface area contributed by atoms with Crippen LogP contribution in [-0.2, 0) is 11.2 Å². The molecule has 0 radical (unpaired) electrons. The fraction of sp³-hybridized carbons (Fsp3) is 0.304. The number of fused-ring (bicyclic) bond motifs is 3. The Morgan fingerprint density at radius 3 is 2.77 bits per heavy atom. The van der Waals surface area contributed by atoms with Crippen LogP contribution in [0.1, 0.15) is 43.0 Å². The zero-order valence-corrected chi connectivity index (χ0v) is 17.2. The van der Waals surface area contributed by atoms with Crippen LogP contribution >= 0.6 is 0 Å². The molecular weight excluding hydrogens is 382 g/mol. The van der Waals surface area contributed by atoms with Gasteiger partial charge in [0.05, 0.1) is 23.8 Å². The molecule has 2 aromatic carbocycles. The lowest BCUT2D eigenvalue weighted by atomic mass is 9.77. The molecule has 0 aromatic heterocycles. The van der Waals surface area contributed by atoms with Crippen molar-refractivity contribution in [2.75, 3.05) is 7.11 Å². The van der Waals surface area contributed by atoms with Crippen molar-refractivity contribution in [1.29, 1.82) is 0 Å². The molecular formula is C23H23N3O4. The van der Waals surface area contributed by atoms with Crippen LogP contribution in [0.2, 0.25) is 0 Å². The highest BCUT2D eigenvalue weighted by Gasteiger charge is 2.42. The third-order valence-corrected chi connectivity index (χ3v) is 5.72. The Morgan fingerprint density at radius 1 is 1.27 bits per heavy atom. The minimum atomic E-state index is -0.384. The van der Waals surface area contributed by atoms with Crippen LogP contribution in [0.15, 0.2) is 59.3 Å². The van der Waals surface area contributed by atoms with Crippen LogP contribution < -0.4 is 4.74 Å². The van der Waals surface area contributed by atoms with Crippen molar-refractivity contribution in [1.82, 2.24) is 5.01 Å². The second kappa shape index (κ2) is 7.74. The number of aryl methyl sites for hydroxylation is 1. The summed E-state index contributed by atoms with van der Waals surface area (Å²) in [6.07, 6.45) is 3.28. The van der Waals surface area contributed by atoms with Gasteiger partial charge in [-0.3, -0.25) is 19.9 Å². The van der Waals surface area contributed by atoms with Gasteiger partial charge in [0.25, 0.3) is 5.69 Å². The van der Waals surface area contributed by atoms with Gasteiger partial charge in [-0.2, -0.15) is 5.10 Å². The molecule has 0 N–H and O–H groups in total. The van der Waals surface area contributed by atoms with Crippen molar-refractivity contribution in [3.63, 3.8) is 0 Å². The maximum absolute atomic E-state index is 11.7. The lowest BCUT2D eigenvalue weighted by Gasteiger charge is -2.31. The smallest absolute Gasteiger partial charge is 0.269 e. The average Bonchev–Trinajstić information content (AvgIpc) is 3.13. The highest BCUT2D eigenvalue weighted by Crippen LogP contribution is 2.45. The number of nitrogens with zero attached hydrogens (tertiary/aromatic N) is 3. The van der Waals surface area contributed by atoms with Gasteiger partial charge in [-0.05, 0) is 56.0 Å². The Bertz CT molecular complexity index is 1090. The summed E-state index contributed by atoms with van der Waals surface area (Å²) in [5, 5.41) is 18.1. The van der Waals surface area contributed by atoms with Gasteiger partial charge in [-0.25, -0.2) is 0 Å². The molecule has 0 fully saturated rings. The van der Waals surface area contributed by atoms with Crippen LogP contribution in [0.5, 0.6) is 5.75 Å². The van der Waals surface area contributed by atoms with Gasteiger partial charge < -0.3 is 4.74 Å². The lowest BCUT2D eigenvalue weighted by Crippen LogP contribution is -2.28. The maximum atomic E-state index is 11.7. The summed E-state index contributed by atoms with van der Waals surface area (Å²) in [7, 11) is 1.65. The molecule has 0 saturated heterocycles. The van der Waals surface area contributed by atoms with E-state index in [-0.39, 0.29) is 28.4 Å². The van der Waals surface area contributed by atoms with Crippen molar-refractivity contribution in [2.24, 2.45) is 11.0 Å². The van der Waals surface area contributed by atoms with E-state index in [9.17, 15) is 14.9 Å². The number of benzene rings is 2. The predicted molar refractivity (Wildman–Crippen MR) is 113 cm³/mol. The second-order valence-electron chi connectivity index (χ2n) is 7.69. The summed E-state index contributed by atoms with van der Waals surface area (Å²) in [4.78, 5) is 22.7. The molecule has 0 bridgehead atoms. The third kappa shape index (κ3) is 3.47. The van der Waals surface area contributed by atoms with Crippen LogP contribution in [0.25, 0.3) is 0 Å². The number of allylic oxidation sites excluding steroid dienone is 2. The molecule has 7 heteroatoms. The molecule has 0 spiro atoms. The summed E-state index contributed by atoms with van der Waals surface area (Å²) < 4.78 is 5.36. The average molecular weight is 405 g/mol. The van der Waals surface area contributed by atoms with Crippen LogP contribution in [0, 0.1) is 16.0 Å². The van der Waals surface area contributed by atoms with E-state index in [1.807, 2.05) is 36.2 Å². The number of methoxy groups -OCH3 is 1. The summed E-state index contributed by atoms with van der Waals surface area (Å²) in [5.41, 5.74) is 4.79. The van der Waals surface area contributed by atoms with Crippen molar-refractivity contribution in [2.45, 2.75) is 32.7 Å². The van der Waals surface area contributed by atoms with E-state index < -0.39 is 0 Å². The number of ether oxygens (including phenoxy) is 1. The first-order valence-corrected chi connectivity index (χ1v) is 9.87. The molecule has 0 saturated carbocycles. The highest BCUT2D eigenvalue weighted by atomic mass is 16.6. The number of nitro benzene ring substituents is 1. The molecule has 2 aliphatic rings. The Hall–Kier alpha value is -3.48. The maximum Gasteiger partial charge on any atom is 0.269 e. The molecule has 4 rings (SSSR count). The van der Waals surface area contributed by atoms with E-state index in [0.29, 0.717) is 0 Å². The number of hydrogen-bond acceptors (Lipinski definition) is 6. The first kappa shape index (κ1) is 19.8. The quantitative estimate of drug-likeness (QED) is 0.418. The van der Waals surface area contributed by atoms with Gasteiger partial charge in [-0.15, -0.1) is 0 Å². The minimum absolute atomic E-state index is 0.0510.